The number of anilines is 1. The molecule has 0 aliphatic heterocycles. The number of halogens is 1. The Bertz CT molecular complexity index is 1510. The highest BCUT2D eigenvalue weighted by Gasteiger charge is 2.18. The molecule has 0 radical (unpaired) electrons. The summed E-state index contributed by atoms with van der Waals surface area (Å²) in [5.41, 5.74) is 5.56. The largest absolute Gasteiger partial charge is 0.481 e. The number of benzene rings is 4. The van der Waals surface area contributed by atoms with Gasteiger partial charge in [-0.2, -0.15) is 0 Å². The molecule has 4 aromatic carbocycles. The minimum atomic E-state index is -1.47. The highest BCUT2D eigenvalue weighted by molar-refractivity contribution is 7.86. The van der Waals surface area contributed by atoms with Crippen molar-refractivity contribution in [3.8, 4) is 11.1 Å². The molecule has 8 heteroatoms. The van der Waals surface area contributed by atoms with Crippen LogP contribution in [0.3, 0.4) is 0 Å². The van der Waals surface area contributed by atoms with Crippen LogP contribution in [0.25, 0.3) is 11.1 Å². The second-order valence-corrected chi connectivity index (χ2v) is 10.9. The average Bonchev–Trinajstić information content (AvgIpc) is 2.91. The van der Waals surface area contributed by atoms with E-state index in [0.717, 1.165) is 27.8 Å². The number of carboxylic acids is 1. The molecular formula is C31H29ClN2O4S. The Labute approximate surface area is 235 Å². The van der Waals surface area contributed by atoms with Crippen LogP contribution in [0.1, 0.15) is 33.5 Å². The van der Waals surface area contributed by atoms with E-state index in [1.807, 2.05) is 92.7 Å². The first-order valence-electron chi connectivity index (χ1n) is 12.4. The highest BCUT2D eigenvalue weighted by Crippen LogP contribution is 2.26. The molecule has 0 spiro atoms. The van der Waals surface area contributed by atoms with E-state index in [2.05, 4.69) is 10.0 Å². The fourth-order valence-corrected chi connectivity index (χ4v) is 5.55. The van der Waals surface area contributed by atoms with Crippen LogP contribution in [0.2, 0.25) is 5.02 Å². The van der Waals surface area contributed by atoms with Crippen LogP contribution in [0.5, 0.6) is 0 Å². The number of carbonyl (C=O) groups is 2. The Balaban J connectivity index is 1.45. The van der Waals surface area contributed by atoms with Gasteiger partial charge in [-0.15, -0.1) is 0 Å². The number of amides is 1. The van der Waals surface area contributed by atoms with E-state index in [4.69, 9.17) is 11.6 Å². The first-order chi connectivity index (χ1) is 18.7. The number of hydrogen-bond donors (Lipinski definition) is 3. The molecule has 200 valence electrons. The van der Waals surface area contributed by atoms with Gasteiger partial charge in [0, 0.05) is 22.3 Å². The lowest BCUT2D eigenvalue weighted by Crippen LogP contribution is -2.38. The average molecular weight is 561 g/mol. The summed E-state index contributed by atoms with van der Waals surface area (Å²) in [7, 11) is -1.47. The van der Waals surface area contributed by atoms with E-state index in [1.54, 1.807) is 12.1 Å². The molecule has 0 saturated heterocycles. The molecule has 6 nitrogen and oxygen atoms in total. The van der Waals surface area contributed by atoms with Crippen molar-refractivity contribution in [1.82, 2.24) is 5.32 Å². The molecule has 4 rings (SSSR count). The van der Waals surface area contributed by atoms with Gasteiger partial charge in [-0.1, -0.05) is 66.2 Å². The summed E-state index contributed by atoms with van der Waals surface area (Å²) >= 11 is 6.18. The standard InChI is InChI=1S/C31H29ClN2O4S/c1-20-16-29(21(2)15-28(20)32)39(38)34-26-10-6-9-25(18-26)23-11-13-24(14-12-23)31(37)33-27(19-30(35)36)17-22-7-4-3-5-8-22/h3-16,18,27,34H,17,19H2,1-2H3,(H,33,37)(H,35,36). The summed E-state index contributed by atoms with van der Waals surface area (Å²) in [5.74, 6) is -1.30. The van der Waals surface area contributed by atoms with E-state index < -0.39 is 23.0 Å². The molecule has 0 aliphatic carbocycles. The van der Waals surface area contributed by atoms with Gasteiger partial charge in [0.25, 0.3) is 5.91 Å². The third-order valence-electron chi connectivity index (χ3n) is 6.29. The third kappa shape index (κ3) is 7.56. The summed E-state index contributed by atoms with van der Waals surface area (Å²) < 4.78 is 16.1. The molecule has 0 heterocycles. The van der Waals surface area contributed by atoms with Crippen LogP contribution >= 0.6 is 11.6 Å². The Morgan fingerprint density at radius 1 is 0.872 bits per heavy atom. The van der Waals surface area contributed by atoms with Crippen molar-refractivity contribution >= 4 is 40.2 Å². The first-order valence-corrected chi connectivity index (χ1v) is 13.9. The Morgan fingerprint density at radius 2 is 1.59 bits per heavy atom. The van der Waals surface area contributed by atoms with Crippen LogP contribution in [0.4, 0.5) is 5.69 Å². The second-order valence-electron chi connectivity index (χ2n) is 9.35. The summed E-state index contributed by atoms with van der Waals surface area (Å²) in [6.45, 7) is 3.75. The van der Waals surface area contributed by atoms with E-state index in [-0.39, 0.29) is 12.3 Å². The fraction of sp³-hybridized carbons (Fsp3) is 0.161. The van der Waals surface area contributed by atoms with Crippen LogP contribution in [0.15, 0.2) is 95.9 Å². The molecule has 2 unspecified atom stereocenters. The van der Waals surface area contributed by atoms with Crippen molar-refractivity contribution in [2.24, 2.45) is 0 Å². The molecule has 2 atom stereocenters. The highest BCUT2D eigenvalue weighted by atomic mass is 35.5. The zero-order valence-corrected chi connectivity index (χ0v) is 23.2. The predicted octanol–water partition coefficient (Wildman–Crippen LogP) is 6.57. The van der Waals surface area contributed by atoms with Gasteiger partial charge in [0.05, 0.1) is 11.3 Å². The van der Waals surface area contributed by atoms with Crippen molar-refractivity contribution in [2.75, 3.05) is 4.72 Å². The molecule has 4 aromatic rings. The Kier molecular flexibility index (Phi) is 9.17. The van der Waals surface area contributed by atoms with E-state index in [9.17, 15) is 18.9 Å². The molecule has 0 saturated carbocycles. The summed E-state index contributed by atoms with van der Waals surface area (Å²) in [5, 5.41) is 12.8. The molecule has 0 aliphatic rings. The lowest BCUT2D eigenvalue weighted by atomic mass is 10.0. The molecule has 0 fully saturated rings. The fourth-order valence-electron chi connectivity index (χ4n) is 4.24. The number of rotatable bonds is 10. The number of nitrogens with one attached hydrogen (secondary N) is 2. The van der Waals surface area contributed by atoms with Crippen LogP contribution < -0.4 is 10.0 Å². The summed E-state index contributed by atoms with van der Waals surface area (Å²) in [6.07, 6.45) is 0.252. The number of aliphatic carboxylic acids is 1. The van der Waals surface area contributed by atoms with E-state index in [0.29, 0.717) is 27.6 Å². The van der Waals surface area contributed by atoms with Crippen LogP contribution in [-0.4, -0.2) is 27.2 Å². The third-order valence-corrected chi connectivity index (χ3v) is 7.96. The van der Waals surface area contributed by atoms with Gasteiger partial charge in [-0.3, -0.25) is 9.59 Å². The number of carboxylic acid groups (broad SMARTS) is 1. The predicted molar refractivity (Wildman–Crippen MR) is 156 cm³/mol. The van der Waals surface area contributed by atoms with Crippen molar-refractivity contribution in [2.45, 2.75) is 37.6 Å². The minimum Gasteiger partial charge on any atom is -0.481 e. The van der Waals surface area contributed by atoms with E-state index in [1.165, 1.54) is 0 Å². The normalized spacial score (nSPS) is 12.4. The topological polar surface area (TPSA) is 95.5 Å². The molecule has 0 aromatic heterocycles. The molecular weight excluding hydrogens is 532 g/mol. The van der Waals surface area contributed by atoms with Crippen LogP contribution in [-0.2, 0) is 22.2 Å². The van der Waals surface area contributed by atoms with Gasteiger partial charge < -0.3 is 15.1 Å². The molecule has 3 N–H and O–H groups in total. The molecule has 0 bridgehead atoms. The van der Waals surface area contributed by atoms with Gasteiger partial charge in [0.2, 0.25) is 0 Å². The summed E-state index contributed by atoms with van der Waals surface area (Å²) in [6, 6.07) is 27.2. The van der Waals surface area contributed by atoms with E-state index >= 15 is 0 Å². The lowest BCUT2D eigenvalue weighted by molar-refractivity contribution is -0.137. The quantitative estimate of drug-likeness (QED) is 0.204. The van der Waals surface area contributed by atoms with Crippen molar-refractivity contribution in [1.29, 1.82) is 0 Å². The lowest BCUT2D eigenvalue weighted by Gasteiger charge is -2.17. The maximum Gasteiger partial charge on any atom is 0.305 e. The SMILES string of the molecule is Cc1cc(S(=O)Nc2cccc(-c3ccc(C(=O)NC(CC(=O)O)Cc4ccccc4)cc3)c2)c(C)cc1Cl. The van der Waals surface area contributed by atoms with Gasteiger partial charge in [-0.05, 0) is 84.5 Å². The zero-order valence-electron chi connectivity index (χ0n) is 21.6. The number of hydrogen-bond acceptors (Lipinski definition) is 3. The van der Waals surface area contributed by atoms with Crippen molar-refractivity contribution in [3.63, 3.8) is 0 Å². The minimum absolute atomic E-state index is 0.172. The van der Waals surface area contributed by atoms with Gasteiger partial charge in [0.1, 0.15) is 0 Å². The maximum atomic E-state index is 13.0. The zero-order chi connectivity index (χ0) is 27.9. The van der Waals surface area contributed by atoms with Crippen LogP contribution in [0, 0.1) is 13.8 Å². The Hall–Kier alpha value is -3.94. The summed E-state index contributed by atoms with van der Waals surface area (Å²) in [4.78, 5) is 24.9. The monoisotopic (exact) mass is 560 g/mol. The maximum absolute atomic E-state index is 13.0. The van der Waals surface area contributed by atoms with Gasteiger partial charge in [0.15, 0.2) is 11.0 Å². The number of aryl methyl sites for hydroxylation is 2. The van der Waals surface area contributed by atoms with Crippen molar-refractivity contribution < 1.29 is 18.9 Å². The number of carbonyl (C=O) groups excluding carboxylic acids is 1. The van der Waals surface area contributed by atoms with Crippen molar-refractivity contribution in [3.05, 3.63) is 118 Å². The first kappa shape index (κ1) is 28.1. The second kappa shape index (κ2) is 12.7. The molecule has 1 amide bonds. The van der Waals surface area contributed by atoms with Gasteiger partial charge in [-0.25, -0.2) is 4.21 Å². The molecule has 39 heavy (non-hydrogen) atoms. The van der Waals surface area contributed by atoms with Gasteiger partial charge >= 0.3 is 5.97 Å². The smallest absolute Gasteiger partial charge is 0.305 e. The Morgan fingerprint density at radius 3 is 2.28 bits per heavy atom.